The number of nitrogens with zero attached hydrogens (tertiary/aromatic N) is 4. The molecule has 0 saturated carbocycles. The second-order valence-corrected chi connectivity index (χ2v) is 11.7. The summed E-state index contributed by atoms with van der Waals surface area (Å²) in [5.74, 6) is 0.0163. The molecule has 5 rings (SSSR count). The number of halogens is 2. The van der Waals surface area contributed by atoms with E-state index < -0.39 is 0 Å². The van der Waals surface area contributed by atoms with Gasteiger partial charge in [0.2, 0.25) is 0 Å². The third-order valence-electron chi connectivity index (χ3n) is 8.16. The molecular formula is C31H35Cl2N5O2. The molecule has 3 amide bonds. The van der Waals surface area contributed by atoms with Gasteiger partial charge >= 0.3 is 6.03 Å². The number of carbonyl (C=O) groups excluding carboxylic acids is 2. The molecule has 0 spiro atoms. The van der Waals surface area contributed by atoms with E-state index in [4.69, 9.17) is 23.2 Å². The summed E-state index contributed by atoms with van der Waals surface area (Å²) in [6.07, 6.45) is 3.47. The Labute approximate surface area is 246 Å². The fourth-order valence-corrected chi connectivity index (χ4v) is 6.38. The number of aromatic nitrogens is 1. The number of rotatable bonds is 5. The lowest BCUT2D eigenvalue weighted by Crippen LogP contribution is -2.45. The monoisotopic (exact) mass is 579 g/mol. The maximum absolute atomic E-state index is 13.6. The van der Waals surface area contributed by atoms with Crippen LogP contribution in [0.2, 0.25) is 10.0 Å². The number of hydrogen-bond donors (Lipinski definition) is 1. The third-order valence-corrected chi connectivity index (χ3v) is 8.71. The first-order valence-corrected chi connectivity index (χ1v) is 14.5. The Hall–Kier alpha value is -3.29. The number of piperidine rings is 1. The van der Waals surface area contributed by atoms with E-state index in [1.54, 1.807) is 30.1 Å². The van der Waals surface area contributed by atoms with E-state index in [1.165, 1.54) is 11.3 Å². The van der Waals surface area contributed by atoms with E-state index >= 15 is 0 Å². The van der Waals surface area contributed by atoms with Crippen molar-refractivity contribution in [2.24, 2.45) is 0 Å². The minimum absolute atomic E-state index is 0.0163. The van der Waals surface area contributed by atoms with Crippen LogP contribution in [0.3, 0.4) is 0 Å². The standard InChI is InChI=1S/C31H35Cl2N5O2/c1-19-15-25(16-20(2)34-19)38-13-11-24(12-14-38)36(3)30(39)22-6-5-21-7-10-29(26(21)17-22)37(4)31(40)35-28-9-8-23(32)18-27(28)33/h5-6,8-9,15-18,24,29H,7,10-14H2,1-4H3,(H,35,40). The maximum Gasteiger partial charge on any atom is 0.322 e. The highest BCUT2D eigenvalue weighted by molar-refractivity contribution is 6.36. The topological polar surface area (TPSA) is 68.8 Å². The van der Waals surface area contributed by atoms with E-state index in [9.17, 15) is 9.59 Å². The summed E-state index contributed by atoms with van der Waals surface area (Å²) in [6, 6.07) is 15.0. The van der Waals surface area contributed by atoms with Crippen LogP contribution in [0.5, 0.6) is 0 Å². The quantitative estimate of drug-likeness (QED) is 0.357. The summed E-state index contributed by atoms with van der Waals surface area (Å²) in [7, 11) is 3.68. The normalized spacial score (nSPS) is 16.9. The Balaban J connectivity index is 1.24. The molecule has 0 radical (unpaired) electrons. The van der Waals surface area contributed by atoms with Crippen molar-refractivity contribution in [1.29, 1.82) is 0 Å². The Morgan fingerprint density at radius 3 is 2.30 bits per heavy atom. The van der Waals surface area contributed by atoms with Crippen LogP contribution in [0, 0.1) is 13.8 Å². The number of benzene rings is 2. The van der Waals surface area contributed by atoms with Crippen molar-refractivity contribution < 1.29 is 9.59 Å². The predicted octanol–water partition coefficient (Wildman–Crippen LogP) is 6.90. The van der Waals surface area contributed by atoms with Gasteiger partial charge in [0, 0.05) is 60.9 Å². The second kappa shape index (κ2) is 11.7. The first kappa shape index (κ1) is 28.2. The van der Waals surface area contributed by atoms with Gasteiger partial charge in [0.25, 0.3) is 5.91 Å². The van der Waals surface area contributed by atoms with E-state index in [1.807, 2.05) is 44.0 Å². The molecule has 1 aliphatic carbocycles. The molecule has 2 aromatic carbocycles. The highest BCUT2D eigenvalue weighted by Gasteiger charge is 2.31. The summed E-state index contributed by atoms with van der Waals surface area (Å²) in [6.45, 7) is 5.84. The van der Waals surface area contributed by atoms with E-state index in [-0.39, 0.29) is 24.0 Å². The van der Waals surface area contributed by atoms with Gasteiger partial charge in [0.15, 0.2) is 0 Å². The van der Waals surface area contributed by atoms with Crippen molar-refractivity contribution in [2.45, 2.75) is 51.6 Å². The van der Waals surface area contributed by atoms with Crippen molar-refractivity contribution in [3.8, 4) is 0 Å². The summed E-state index contributed by atoms with van der Waals surface area (Å²) < 4.78 is 0. The Morgan fingerprint density at radius 1 is 0.925 bits per heavy atom. The van der Waals surface area contributed by atoms with Crippen LogP contribution in [0.15, 0.2) is 48.5 Å². The van der Waals surface area contributed by atoms with Crippen molar-refractivity contribution in [2.75, 3.05) is 37.4 Å². The van der Waals surface area contributed by atoms with Gasteiger partial charge in [-0.25, -0.2) is 4.79 Å². The molecule has 40 heavy (non-hydrogen) atoms. The van der Waals surface area contributed by atoms with Gasteiger partial charge < -0.3 is 20.0 Å². The number of pyridine rings is 1. The molecule has 1 saturated heterocycles. The molecule has 1 aliphatic heterocycles. The average Bonchev–Trinajstić information content (AvgIpc) is 3.36. The highest BCUT2D eigenvalue weighted by atomic mass is 35.5. The molecule has 7 nitrogen and oxygen atoms in total. The molecule has 0 bridgehead atoms. The summed E-state index contributed by atoms with van der Waals surface area (Å²) >= 11 is 12.2. The number of nitrogens with one attached hydrogen (secondary N) is 1. The molecule has 1 fully saturated rings. The zero-order valence-corrected chi connectivity index (χ0v) is 24.9. The number of carbonyl (C=O) groups is 2. The number of aryl methyl sites for hydroxylation is 3. The second-order valence-electron chi connectivity index (χ2n) is 10.9. The Bertz CT molecular complexity index is 1420. The van der Waals surface area contributed by atoms with Gasteiger partial charge in [-0.3, -0.25) is 9.78 Å². The van der Waals surface area contributed by atoms with E-state index in [2.05, 4.69) is 27.3 Å². The summed E-state index contributed by atoms with van der Waals surface area (Å²) in [4.78, 5) is 37.1. The van der Waals surface area contributed by atoms with Crippen LogP contribution in [-0.4, -0.2) is 59.9 Å². The zero-order chi connectivity index (χ0) is 28.6. The fourth-order valence-electron chi connectivity index (χ4n) is 5.93. The minimum Gasteiger partial charge on any atom is -0.371 e. The van der Waals surface area contributed by atoms with Gasteiger partial charge in [-0.1, -0.05) is 29.3 Å². The van der Waals surface area contributed by atoms with Crippen molar-refractivity contribution in [3.63, 3.8) is 0 Å². The van der Waals surface area contributed by atoms with Crippen LogP contribution in [0.1, 0.15) is 58.2 Å². The molecule has 210 valence electrons. The van der Waals surface area contributed by atoms with Crippen molar-refractivity contribution >= 4 is 46.5 Å². The number of amides is 3. The van der Waals surface area contributed by atoms with Gasteiger partial charge in [-0.15, -0.1) is 0 Å². The van der Waals surface area contributed by atoms with Gasteiger partial charge in [0.05, 0.1) is 16.8 Å². The molecule has 9 heteroatoms. The van der Waals surface area contributed by atoms with Crippen LogP contribution in [0.4, 0.5) is 16.2 Å². The highest BCUT2D eigenvalue weighted by Crippen LogP contribution is 2.37. The lowest BCUT2D eigenvalue weighted by atomic mass is 10.00. The van der Waals surface area contributed by atoms with Gasteiger partial charge in [0.1, 0.15) is 0 Å². The molecule has 1 unspecified atom stereocenters. The number of anilines is 2. The SMILES string of the molecule is Cc1cc(N2CCC(N(C)C(=O)c3ccc4c(c3)C(N(C)C(=O)Nc3ccc(Cl)cc3Cl)CC4)CC2)cc(C)n1. The van der Waals surface area contributed by atoms with Crippen LogP contribution < -0.4 is 10.2 Å². The zero-order valence-electron chi connectivity index (χ0n) is 23.4. The molecule has 1 atom stereocenters. The Kier molecular flexibility index (Phi) is 8.24. The number of fused-ring (bicyclic) bond motifs is 1. The van der Waals surface area contributed by atoms with E-state index in [0.29, 0.717) is 21.3 Å². The lowest BCUT2D eigenvalue weighted by Gasteiger charge is -2.38. The minimum atomic E-state index is -0.262. The van der Waals surface area contributed by atoms with Crippen LogP contribution in [0.25, 0.3) is 0 Å². The van der Waals surface area contributed by atoms with Crippen molar-refractivity contribution in [1.82, 2.24) is 14.8 Å². The number of urea groups is 1. The van der Waals surface area contributed by atoms with Crippen LogP contribution in [-0.2, 0) is 6.42 Å². The third kappa shape index (κ3) is 5.91. The summed E-state index contributed by atoms with van der Waals surface area (Å²) in [5, 5.41) is 3.77. The average molecular weight is 581 g/mol. The van der Waals surface area contributed by atoms with Gasteiger partial charge in [-0.2, -0.15) is 0 Å². The molecule has 1 N–H and O–H groups in total. The van der Waals surface area contributed by atoms with E-state index in [0.717, 1.165) is 55.7 Å². The predicted molar refractivity (Wildman–Crippen MR) is 162 cm³/mol. The Morgan fingerprint density at radius 2 is 1.62 bits per heavy atom. The van der Waals surface area contributed by atoms with Gasteiger partial charge in [-0.05, 0) is 93.1 Å². The largest absolute Gasteiger partial charge is 0.371 e. The molecule has 2 heterocycles. The molecular weight excluding hydrogens is 545 g/mol. The molecule has 3 aromatic rings. The maximum atomic E-state index is 13.6. The van der Waals surface area contributed by atoms with Crippen molar-refractivity contribution in [3.05, 3.63) is 86.7 Å². The smallest absolute Gasteiger partial charge is 0.322 e. The molecule has 1 aromatic heterocycles. The summed E-state index contributed by atoms with van der Waals surface area (Å²) in [5.41, 5.74) is 6.61. The molecule has 2 aliphatic rings. The lowest BCUT2D eigenvalue weighted by molar-refractivity contribution is 0.0709. The van der Waals surface area contributed by atoms with Crippen LogP contribution >= 0.6 is 23.2 Å². The first-order valence-electron chi connectivity index (χ1n) is 13.7. The first-order chi connectivity index (χ1) is 19.1. The number of hydrogen-bond acceptors (Lipinski definition) is 4. The fraction of sp³-hybridized carbons (Fsp3) is 0.387.